The maximum absolute atomic E-state index is 12.4. The average Bonchev–Trinajstić information content (AvgIpc) is 2.50. The summed E-state index contributed by atoms with van der Waals surface area (Å²) >= 11 is 0. The number of hydrogen-bond donors (Lipinski definition) is 1. The molecule has 0 spiro atoms. The molecule has 1 aliphatic heterocycles. The number of rotatable bonds is 2. The SMILES string of the molecule is CC1CN(C(=O)Cn2cnc3ccccc3c2=O)CCN1. The molecule has 3 rings (SSSR count). The zero-order valence-corrected chi connectivity index (χ0v) is 12.0. The van der Waals surface area contributed by atoms with E-state index >= 15 is 0 Å². The van der Waals surface area contributed by atoms with Gasteiger partial charge >= 0.3 is 0 Å². The van der Waals surface area contributed by atoms with Crippen molar-refractivity contribution >= 4 is 16.8 Å². The predicted octanol–water partition coefficient (Wildman–Crippen LogP) is 0.217. The number of hydrogen-bond acceptors (Lipinski definition) is 4. The number of nitrogens with one attached hydrogen (secondary N) is 1. The molecule has 1 unspecified atom stereocenters. The molecular weight excluding hydrogens is 268 g/mol. The van der Waals surface area contributed by atoms with Crippen molar-refractivity contribution < 1.29 is 4.79 Å². The zero-order valence-electron chi connectivity index (χ0n) is 12.0. The van der Waals surface area contributed by atoms with Gasteiger partial charge in [0.25, 0.3) is 5.56 Å². The summed E-state index contributed by atoms with van der Waals surface area (Å²) in [6, 6.07) is 7.45. The summed E-state index contributed by atoms with van der Waals surface area (Å²) < 4.78 is 1.39. The molecule has 0 aliphatic carbocycles. The van der Waals surface area contributed by atoms with Gasteiger partial charge in [-0.25, -0.2) is 4.98 Å². The lowest BCUT2D eigenvalue weighted by molar-refractivity contribution is -0.133. The molecule has 2 heterocycles. The number of benzene rings is 1. The van der Waals surface area contributed by atoms with E-state index in [1.54, 1.807) is 23.1 Å². The molecule has 1 amide bonds. The molecule has 0 saturated carbocycles. The predicted molar refractivity (Wildman–Crippen MR) is 80.0 cm³/mol. The minimum atomic E-state index is -0.169. The second kappa shape index (κ2) is 5.65. The topological polar surface area (TPSA) is 67.2 Å². The van der Waals surface area contributed by atoms with E-state index in [2.05, 4.69) is 10.3 Å². The summed E-state index contributed by atoms with van der Waals surface area (Å²) in [7, 11) is 0. The van der Waals surface area contributed by atoms with Gasteiger partial charge in [0.2, 0.25) is 5.91 Å². The average molecular weight is 286 g/mol. The minimum Gasteiger partial charge on any atom is -0.338 e. The molecule has 6 heteroatoms. The van der Waals surface area contributed by atoms with Crippen molar-refractivity contribution in [3.63, 3.8) is 0 Å². The molecule has 0 bridgehead atoms. The third-order valence-electron chi connectivity index (χ3n) is 3.76. The Bertz CT molecular complexity index is 725. The monoisotopic (exact) mass is 286 g/mol. The fourth-order valence-corrected chi connectivity index (χ4v) is 2.62. The third-order valence-corrected chi connectivity index (χ3v) is 3.76. The highest BCUT2D eigenvalue weighted by molar-refractivity contribution is 5.79. The first kappa shape index (κ1) is 13.8. The van der Waals surface area contributed by atoms with Gasteiger partial charge in [-0.05, 0) is 19.1 Å². The van der Waals surface area contributed by atoms with Gasteiger partial charge in [0, 0.05) is 25.7 Å². The van der Waals surface area contributed by atoms with Gasteiger partial charge in [-0.1, -0.05) is 12.1 Å². The summed E-state index contributed by atoms with van der Waals surface area (Å²) in [4.78, 5) is 30.7. The lowest BCUT2D eigenvalue weighted by Gasteiger charge is -2.32. The van der Waals surface area contributed by atoms with E-state index in [1.807, 2.05) is 13.0 Å². The first-order valence-electron chi connectivity index (χ1n) is 7.10. The highest BCUT2D eigenvalue weighted by atomic mass is 16.2. The van der Waals surface area contributed by atoms with E-state index in [9.17, 15) is 9.59 Å². The number of carbonyl (C=O) groups excluding carboxylic acids is 1. The van der Waals surface area contributed by atoms with Gasteiger partial charge in [-0.3, -0.25) is 14.2 Å². The largest absolute Gasteiger partial charge is 0.338 e. The second-order valence-electron chi connectivity index (χ2n) is 5.39. The Kier molecular flexibility index (Phi) is 3.70. The standard InChI is InChI=1S/C15H18N4O2/c1-11-8-18(7-6-16-11)14(20)9-19-10-17-13-5-3-2-4-12(13)15(19)21/h2-5,10-11,16H,6-9H2,1H3. The minimum absolute atomic E-state index is 0.0393. The van der Waals surface area contributed by atoms with Gasteiger partial charge in [-0.15, -0.1) is 0 Å². The maximum atomic E-state index is 12.4. The van der Waals surface area contributed by atoms with Crippen LogP contribution in [-0.4, -0.2) is 46.0 Å². The van der Waals surface area contributed by atoms with E-state index in [-0.39, 0.29) is 24.1 Å². The van der Waals surface area contributed by atoms with E-state index in [0.29, 0.717) is 24.0 Å². The molecule has 21 heavy (non-hydrogen) atoms. The smallest absolute Gasteiger partial charge is 0.261 e. The molecule has 110 valence electrons. The number of nitrogens with zero attached hydrogens (tertiary/aromatic N) is 3. The maximum Gasteiger partial charge on any atom is 0.261 e. The Labute approximate surface area is 122 Å². The molecule has 1 saturated heterocycles. The van der Waals surface area contributed by atoms with Crippen LogP contribution in [0.3, 0.4) is 0 Å². The molecule has 6 nitrogen and oxygen atoms in total. The Hall–Kier alpha value is -2.21. The first-order chi connectivity index (χ1) is 10.1. The number of piperazine rings is 1. The van der Waals surface area contributed by atoms with Gasteiger partial charge in [-0.2, -0.15) is 0 Å². The highest BCUT2D eigenvalue weighted by Gasteiger charge is 2.21. The first-order valence-corrected chi connectivity index (χ1v) is 7.10. The molecule has 2 aromatic rings. The lowest BCUT2D eigenvalue weighted by Crippen LogP contribution is -2.52. The summed E-state index contributed by atoms with van der Waals surface area (Å²) in [6.07, 6.45) is 1.45. The van der Waals surface area contributed by atoms with Gasteiger partial charge < -0.3 is 10.2 Å². The Morgan fingerprint density at radius 1 is 1.43 bits per heavy atom. The zero-order chi connectivity index (χ0) is 14.8. The van der Waals surface area contributed by atoms with Crippen molar-refractivity contribution in [2.45, 2.75) is 19.5 Å². The van der Waals surface area contributed by atoms with Crippen LogP contribution in [0.2, 0.25) is 0 Å². The molecular formula is C15H18N4O2. The Morgan fingerprint density at radius 2 is 2.24 bits per heavy atom. The van der Waals surface area contributed by atoms with E-state index in [4.69, 9.17) is 0 Å². The fourth-order valence-electron chi connectivity index (χ4n) is 2.62. The van der Waals surface area contributed by atoms with Gasteiger partial charge in [0.05, 0.1) is 17.2 Å². The number of para-hydroxylation sites is 1. The van der Waals surface area contributed by atoms with Crippen LogP contribution in [0.4, 0.5) is 0 Å². The molecule has 1 atom stereocenters. The number of carbonyl (C=O) groups is 1. The number of aromatic nitrogens is 2. The fraction of sp³-hybridized carbons (Fsp3) is 0.400. The quantitative estimate of drug-likeness (QED) is 0.857. The van der Waals surface area contributed by atoms with Crippen molar-refractivity contribution in [1.82, 2.24) is 19.8 Å². The second-order valence-corrected chi connectivity index (χ2v) is 5.39. The molecule has 1 fully saturated rings. The van der Waals surface area contributed by atoms with Crippen molar-refractivity contribution in [1.29, 1.82) is 0 Å². The van der Waals surface area contributed by atoms with E-state index in [1.165, 1.54) is 10.9 Å². The molecule has 1 aromatic heterocycles. The van der Waals surface area contributed by atoms with Crippen LogP contribution in [0.25, 0.3) is 10.9 Å². The normalized spacial score (nSPS) is 18.9. The van der Waals surface area contributed by atoms with Crippen LogP contribution in [0.15, 0.2) is 35.4 Å². The third kappa shape index (κ3) is 2.80. The Morgan fingerprint density at radius 3 is 3.05 bits per heavy atom. The van der Waals surface area contributed by atoms with Gasteiger partial charge in [0.15, 0.2) is 0 Å². The molecule has 1 aromatic carbocycles. The number of fused-ring (bicyclic) bond motifs is 1. The summed E-state index contributed by atoms with van der Waals surface area (Å²) in [5.74, 6) is -0.0393. The van der Waals surface area contributed by atoms with Crippen LogP contribution in [0, 0.1) is 0 Å². The van der Waals surface area contributed by atoms with Crippen LogP contribution >= 0.6 is 0 Å². The van der Waals surface area contributed by atoms with Crippen LogP contribution in [0.1, 0.15) is 6.92 Å². The van der Waals surface area contributed by atoms with Crippen LogP contribution in [0.5, 0.6) is 0 Å². The molecule has 1 aliphatic rings. The number of amides is 1. The van der Waals surface area contributed by atoms with E-state index < -0.39 is 0 Å². The van der Waals surface area contributed by atoms with Crippen molar-refractivity contribution in [2.24, 2.45) is 0 Å². The molecule has 0 radical (unpaired) electrons. The Balaban J connectivity index is 1.83. The van der Waals surface area contributed by atoms with E-state index in [0.717, 1.165) is 6.54 Å². The van der Waals surface area contributed by atoms with Crippen molar-refractivity contribution in [2.75, 3.05) is 19.6 Å². The lowest BCUT2D eigenvalue weighted by atomic mass is 10.2. The van der Waals surface area contributed by atoms with Crippen molar-refractivity contribution in [3.05, 3.63) is 40.9 Å². The van der Waals surface area contributed by atoms with Gasteiger partial charge in [0.1, 0.15) is 6.54 Å². The van der Waals surface area contributed by atoms with Crippen LogP contribution in [-0.2, 0) is 11.3 Å². The van der Waals surface area contributed by atoms with Crippen LogP contribution < -0.4 is 10.9 Å². The summed E-state index contributed by atoms with van der Waals surface area (Å²) in [6.45, 7) is 4.23. The summed E-state index contributed by atoms with van der Waals surface area (Å²) in [5.41, 5.74) is 0.485. The van der Waals surface area contributed by atoms with Crippen molar-refractivity contribution in [3.8, 4) is 0 Å². The molecule has 1 N–H and O–H groups in total. The highest BCUT2D eigenvalue weighted by Crippen LogP contribution is 2.05. The summed E-state index contributed by atoms with van der Waals surface area (Å²) in [5, 5.41) is 3.83.